The van der Waals surface area contributed by atoms with Crippen LogP contribution in [0.2, 0.25) is 0 Å². The molecular weight excluding hydrogens is 376 g/mol. The molecule has 0 saturated carbocycles. The van der Waals surface area contributed by atoms with Gasteiger partial charge in [0.1, 0.15) is 11.5 Å². The number of hydrogen-bond donors (Lipinski definition) is 2. The van der Waals surface area contributed by atoms with Crippen molar-refractivity contribution in [1.82, 2.24) is 5.32 Å². The van der Waals surface area contributed by atoms with Gasteiger partial charge in [-0.25, -0.2) is 9.59 Å². The lowest BCUT2D eigenvalue weighted by molar-refractivity contribution is -0.150. The van der Waals surface area contributed by atoms with Gasteiger partial charge in [-0.3, -0.25) is 10.1 Å². The monoisotopic (exact) mass is 398 g/mol. The number of fused-ring (bicyclic) bond motifs is 1. The van der Waals surface area contributed by atoms with E-state index in [0.717, 1.165) is 19.3 Å². The highest BCUT2D eigenvalue weighted by Crippen LogP contribution is 2.25. The Bertz CT molecular complexity index is 895. The van der Waals surface area contributed by atoms with Crippen LogP contribution >= 0.6 is 0 Å². The second kappa shape index (κ2) is 9.59. The van der Waals surface area contributed by atoms with Crippen molar-refractivity contribution in [2.24, 2.45) is 0 Å². The molecule has 0 saturated heterocycles. The van der Waals surface area contributed by atoms with Crippen LogP contribution in [-0.4, -0.2) is 38.2 Å². The minimum atomic E-state index is -0.748. The summed E-state index contributed by atoms with van der Waals surface area (Å²) in [6.07, 6.45) is 3.20. The molecule has 2 N–H and O–H groups in total. The summed E-state index contributed by atoms with van der Waals surface area (Å²) in [4.78, 5) is 35.3. The highest BCUT2D eigenvalue weighted by Gasteiger charge is 2.14. The first kappa shape index (κ1) is 20.2. The second-order valence-corrected chi connectivity index (χ2v) is 6.46. The number of carbonyl (C=O) groups is 3. The van der Waals surface area contributed by atoms with E-state index in [1.54, 1.807) is 24.3 Å². The van der Waals surface area contributed by atoms with Gasteiger partial charge in [-0.05, 0) is 66.8 Å². The number of benzene rings is 2. The van der Waals surface area contributed by atoms with E-state index in [-0.39, 0.29) is 6.61 Å². The molecule has 0 unspecified atom stereocenters. The third-order valence-electron chi connectivity index (χ3n) is 4.39. The molecule has 8 nitrogen and oxygen atoms in total. The van der Waals surface area contributed by atoms with E-state index >= 15 is 0 Å². The van der Waals surface area contributed by atoms with Crippen molar-refractivity contribution in [3.8, 4) is 11.5 Å². The maximum absolute atomic E-state index is 11.8. The first-order valence-corrected chi connectivity index (χ1v) is 9.18. The Hall–Kier alpha value is -3.55. The topological polar surface area (TPSA) is 103 Å². The predicted octanol–water partition coefficient (Wildman–Crippen LogP) is 2.45. The molecule has 0 aromatic heterocycles. The molecule has 0 spiro atoms. The molecule has 1 aliphatic carbocycles. The number of nitrogens with one attached hydrogen (secondary N) is 2. The standard InChI is InChI=1S/C21H22N2O6/c1-27-17-9-6-16(7-10-17)22-21(26)23-19(24)12-29-20(25)13-28-18-8-5-14-3-2-4-15(14)11-18/h5-11H,2-4,12-13H2,1H3,(H2,22,23,24,26). The molecule has 0 bridgehead atoms. The lowest BCUT2D eigenvalue weighted by atomic mass is 10.1. The summed E-state index contributed by atoms with van der Waals surface area (Å²) in [6.45, 7) is -0.896. The van der Waals surface area contributed by atoms with Crippen molar-refractivity contribution in [3.05, 3.63) is 53.6 Å². The zero-order valence-corrected chi connectivity index (χ0v) is 16.0. The highest BCUT2D eigenvalue weighted by atomic mass is 16.6. The number of anilines is 1. The zero-order chi connectivity index (χ0) is 20.6. The number of ether oxygens (including phenoxy) is 3. The number of esters is 1. The van der Waals surface area contributed by atoms with Crippen molar-refractivity contribution in [1.29, 1.82) is 0 Å². The minimum Gasteiger partial charge on any atom is -0.497 e. The van der Waals surface area contributed by atoms with Crippen LogP contribution in [0.15, 0.2) is 42.5 Å². The number of methoxy groups -OCH3 is 1. The van der Waals surface area contributed by atoms with Crippen LogP contribution < -0.4 is 20.1 Å². The Morgan fingerprint density at radius 1 is 0.931 bits per heavy atom. The van der Waals surface area contributed by atoms with Crippen LogP contribution in [0.5, 0.6) is 11.5 Å². The smallest absolute Gasteiger partial charge is 0.344 e. The Morgan fingerprint density at radius 3 is 2.41 bits per heavy atom. The first-order chi connectivity index (χ1) is 14.0. The highest BCUT2D eigenvalue weighted by molar-refractivity contribution is 6.01. The Kier molecular flexibility index (Phi) is 6.67. The fourth-order valence-corrected chi connectivity index (χ4v) is 2.97. The van der Waals surface area contributed by atoms with Gasteiger partial charge in [0.15, 0.2) is 13.2 Å². The van der Waals surface area contributed by atoms with Gasteiger partial charge in [0, 0.05) is 5.69 Å². The number of aryl methyl sites for hydroxylation is 2. The molecule has 2 aromatic rings. The number of urea groups is 1. The third-order valence-corrected chi connectivity index (χ3v) is 4.39. The molecule has 3 amide bonds. The molecule has 1 aliphatic rings. The van der Waals surface area contributed by atoms with E-state index in [4.69, 9.17) is 14.2 Å². The van der Waals surface area contributed by atoms with Crippen LogP contribution in [0.25, 0.3) is 0 Å². The van der Waals surface area contributed by atoms with Gasteiger partial charge in [0.25, 0.3) is 5.91 Å². The first-order valence-electron chi connectivity index (χ1n) is 9.18. The normalized spacial score (nSPS) is 11.9. The van der Waals surface area contributed by atoms with Gasteiger partial charge in [0.2, 0.25) is 0 Å². The molecule has 152 valence electrons. The second-order valence-electron chi connectivity index (χ2n) is 6.46. The van der Waals surface area contributed by atoms with E-state index in [0.29, 0.717) is 17.2 Å². The summed E-state index contributed by atoms with van der Waals surface area (Å²) in [6, 6.07) is 11.6. The fraction of sp³-hybridized carbons (Fsp3) is 0.286. The minimum absolute atomic E-state index is 0.315. The predicted molar refractivity (Wildman–Crippen MR) is 105 cm³/mol. The molecule has 0 heterocycles. The van der Waals surface area contributed by atoms with Gasteiger partial charge in [-0.1, -0.05) is 6.07 Å². The molecule has 29 heavy (non-hydrogen) atoms. The number of hydrogen-bond acceptors (Lipinski definition) is 6. The summed E-state index contributed by atoms with van der Waals surface area (Å²) in [5, 5.41) is 4.56. The Balaban J connectivity index is 1.35. The number of amides is 3. The lowest BCUT2D eigenvalue weighted by Crippen LogP contribution is -2.37. The number of carbonyl (C=O) groups excluding carboxylic acids is 3. The molecule has 3 rings (SSSR count). The Labute approximate surface area is 168 Å². The molecule has 8 heteroatoms. The molecule has 0 radical (unpaired) electrons. The summed E-state index contributed by atoms with van der Waals surface area (Å²) in [5.41, 5.74) is 3.03. The van der Waals surface area contributed by atoms with Crippen molar-refractivity contribution < 1.29 is 28.6 Å². The van der Waals surface area contributed by atoms with Crippen LogP contribution in [0.1, 0.15) is 17.5 Å². The quantitative estimate of drug-likeness (QED) is 0.695. The van der Waals surface area contributed by atoms with Crippen molar-refractivity contribution in [3.63, 3.8) is 0 Å². The summed E-state index contributed by atoms with van der Waals surface area (Å²) < 4.78 is 15.3. The molecular formula is C21H22N2O6. The van der Waals surface area contributed by atoms with E-state index in [2.05, 4.69) is 10.6 Å². The number of imide groups is 1. The maximum atomic E-state index is 11.8. The van der Waals surface area contributed by atoms with Crippen molar-refractivity contribution in [2.45, 2.75) is 19.3 Å². The third kappa shape index (κ3) is 5.97. The van der Waals surface area contributed by atoms with Crippen molar-refractivity contribution >= 4 is 23.6 Å². The van der Waals surface area contributed by atoms with E-state index < -0.39 is 24.5 Å². The summed E-state index contributed by atoms with van der Waals surface area (Å²) in [5.74, 6) is -0.218. The van der Waals surface area contributed by atoms with Gasteiger partial charge in [-0.15, -0.1) is 0 Å². The molecule has 2 aromatic carbocycles. The van der Waals surface area contributed by atoms with Gasteiger partial charge >= 0.3 is 12.0 Å². The van der Waals surface area contributed by atoms with Crippen molar-refractivity contribution in [2.75, 3.05) is 25.6 Å². The summed E-state index contributed by atoms with van der Waals surface area (Å²) in [7, 11) is 1.53. The van der Waals surface area contributed by atoms with Gasteiger partial charge in [0.05, 0.1) is 7.11 Å². The van der Waals surface area contributed by atoms with Crippen LogP contribution in [0.4, 0.5) is 10.5 Å². The average molecular weight is 398 g/mol. The molecule has 0 atom stereocenters. The zero-order valence-electron chi connectivity index (χ0n) is 16.0. The largest absolute Gasteiger partial charge is 0.497 e. The molecule has 0 fully saturated rings. The van der Waals surface area contributed by atoms with E-state index in [1.165, 1.54) is 18.2 Å². The average Bonchev–Trinajstić information content (AvgIpc) is 3.19. The number of rotatable bonds is 7. The van der Waals surface area contributed by atoms with Crippen LogP contribution in [0.3, 0.4) is 0 Å². The maximum Gasteiger partial charge on any atom is 0.344 e. The lowest BCUT2D eigenvalue weighted by Gasteiger charge is -2.09. The van der Waals surface area contributed by atoms with Crippen LogP contribution in [-0.2, 0) is 27.2 Å². The Morgan fingerprint density at radius 2 is 1.66 bits per heavy atom. The SMILES string of the molecule is COc1ccc(NC(=O)NC(=O)COC(=O)COc2ccc3c(c2)CCC3)cc1. The van der Waals surface area contributed by atoms with E-state index in [1.807, 2.05) is 18.2 Å². The van der Waals surface area contributed by atoms with E-state index in [9.17, 15) is 14.4 Å². The van der Waals surface area contributed by atoms with Gasteiger partial charge < -0.3 is 19.5 Å². The van der Waals surface area contributed by atoms with Crippen LogP contribution in [0, 0.1) is 0 Å². The molecule has 0 aliphatic heterocycles. The fourth-order valence-electron chi connectivity index (χ4n) is 2.97. The summed E-state index contributed by atoms with van der Waals surface area (Å²) >= 11 is 0. The van der Waals surface area contributed by atoms with Gasteiger partial charge in [-0.2, -0.15) is 0 Å².